The number of hydrogen-bond donors (Lipinski definition) is 0. The van der Waals surface area contributed by atoms with Gasteiger partial charge in [0, 0.05) is 28.1 Å². The van der Waals surface area contributed by atoms with Crippen LogP contribution in [0.15, 0.2) is 30.3 Å². The van der Waals surface area contributed by atoms with Crippen LogP contribution in [-0.4, -0.2) is 25.1 Å². The first-order valence-corrected chi connectivity index (χ1v) is 6.50. The Labute approximate surface area is 114 Å². The standard InChI is InChI=1S/C13H12ClNO2S/c1-15(17-2)12(16)8-7-11-13(14)9-5-3-4-6-10(9)18-11/h3-8H,1-2H3/b8-7+. The Morgan fingerprint density at radius 3 is 2.83 bits per heavy atom. The van der Waals surface area contributed by atoms with Crippen LogP contribution < -0.4 is 0 Å². The lowest BCUT2D eigenvalue weighted by atomic mass is 10.2. The number of hydrogen-bond acceptors (Lipinski definition) is 3. The molecule has 94 valence electrons. The van der Waals surface area contributed by atoms with Gasteiger partial charge in [0.1, 0.15) is 0 Å². The molecule has 0 aliphatic heterocycles. The molecular formula is C13H12ClNO2S. The number of carbonyl (C=O) groups excluding carboxylic acids is 1. The molecule has 1 aromatic heterocycles. The molecule has 2 rings (SSSR count). The van der Waals surface area contributed by atoms with Gasteiger partial charge in [-0.1, -0.05) is 29.8 Å². The highest BCUT2D eigenvalue weighted by Gasteiger charge is 2.08. The van der Waals surface area contributed by atoms with Crippen molar-refractivity contribution >= 4 is 45.0 Å². The second-order valence-corrected chi connectivity index (χ2v) is 5.09. The second-order valence-electron chi connectivity index (χ2n) is 3.63. The van der Waals surface area contributed by atoms with E-state index in [0.717, 1.165) is 20.0 Å². The van der Waals surface area contributed by atoms with Gasteiger partial charge in [0.15, 0.2) is 0 Å². The van der Waals surface area contributed by atoms with Gasteiger partial charge in [-0.3, -0.25) is 9.63 Å². The van der Waals surface area contributed by atoms with Gasteiger partial charge >= 0.3 is 0 Å². The van der Waals surface area contributed by atoms with Crippen LogP contribution >= 0.6 is 22.9 Å². The van der Waals surface area contributed by atoms with Crippen LogP contribution in [0.4, 0.5) is 0 Å². The van der Waals surface area contributed by atoms with E-state index >= 15 is 0 Å². The van der Waals surface area contributed by atoms with Crippen molar-refractivity contribution in [1.29, 1.82) is 0 Å². The van der Waals surface area contributed by atoms with E-state index in [1.165, 1.54) is 13.2 Å². The number of thiophene rings is 1. The van der Waals surface area contributed by atoms with Crippen molar-refractivity contribution in [3.63, 3.8) is 0 Å². The van der Waals surface area contributed by atoms with Crippen LogP contribution in [0.1, 0.15) is 4.88 Å². The molecule has 1 aromatic carbocycles. The Balaban J connectivity index is 2.30. The summed E-state index contributed by atoms with van der Waals surface area (Å²) in [4.78, 5) is 17.2. The molecule has 1 heterocycles. The summed E-state index contributed by atoms with van der Waals surface area (Å²) in [6, 6.07) is 7.88. The summed E-state index contributed by atoms with van der Waals surface area (Å²) >= 11 is 7.81. The zero-order valence-corrected chi connectivity index (χ0v) is 11.6. The lowest BCUT2D eigenvalue weighted by molar-refractivity contribution is -0.162. The van der Waals surface area contributed by atoms with Crippen LogP contribution in [0.25, 0.3) is 16.2 Å². The van der Waals surface area contributed by atoms with Crippen LogP contribution in [0.5, 0.6) is 0 Å². The van der Waals surface area contributed by atoms with Gasteiger partial charge in [0.2, 0.25) is 0 Å². The average molecular weight is 282 g/mol. The minimum atomic E-state index is -0.231. The molecule has 0 radical (unpaired) electrons. The van der Waals surface area contributed by atoms with E-state index in [1.807, 2.05) is 24.3 Å². The predicted octanol–water partition coefficient (Wildman–Crippen LogP) is 3.59. The maximum atomic E-state index is 11.5. The molecule has 3 nitrogen and oxygen atoms in total. The predicted molar refractivity (Wildman–Crippen MR) is 75.6 cm³/mol. The zero-order valence-electron chi connectivity index (χ0n) is 10.0. The van der Waals surface area contributed by atoms with Crippen molar-refractivity contribution in [2.75, 3.05) is 14.2 Å². The average Bonchev–Trinajstić information content (AvgIpc) is 2.72. The fraction of sp³-hybridized carbons (Fsp3) is 0.154. The van der Waals surface area contributed by atoms with E-state index < -0.39 is 0 Å². The molecule has 5 heteroatoms. The van der Waals surface area contributed by atoms with Crippen LogP contribution in [-0.2, 0) is 9.63 Å². The third-order valence-electron chi connectivity index (χ3n) is 2.52. The van der Waals surface area contributed by atoms with Crippen LogP contribution in [0.2, 0.25) is 5.02 Å². The highest BCUT2D eigenvalue weighted by Crippen LogP contribution is 2.35. The van der Waals surface area contributed by atoms with E-state index in [9.17, 15) is 4.79 Å². The molecule has 0 unspecified atom stereocenters. The minimum absolute atomic E-state index is 0.231. The number of hydroxylamine groups is 2. The normalized spacial score (nSPS) is 11.3. The molecule has 0 aliphatic rings. The molecule has 0 N–H and O–H groups in total. The van der Waals surface area contributed by atoms with Gasteiger partial charge in [0.05, 0.1) is 12.1 Å². The number of carbonyl (C=O) groups is 1. The quantitative estimate of drug-likeness (QED) is 0.636. The molecule has 1 amide bonds. The molecule has 0 saturated heterocycles. The van der Waals surface area contributed by atoms with Gasteiger partial charge < -0.3 is 0 Å². The maximum Gasteiger partial charge on any atom is 0.269 e. The summed E-state index contributed by atoms with van der Waals surface area (Å²) in [7, 11) is 3.00. The molecule has 2 aromatic rings. The Bertz CT molecular complexity index is 606. The SMILES string of the molecule is CON(C)C(=O)/C=C/c1sc2ccccc2c1Cl. The Kier molecular flexibility index (Phi) is 4.01. The van der Waals surface area contributed by atoms with Gasteiger partial charge in [-0.15, -0.1) is 11.3 Å². The maximum absolute atomic E-state index is 11.5. The minimum Gasteiger partial charge on any atom is -0.274 e. The number of halogens is 1. The summed E-state index contributed by atoms with van der Waals surface area (Å²) in [6.07, 6.45) is 3.16. The molecule has 0 atom stereocenters. The van der Waals surface area contributed by atoms with E-state index in [1.54, 1.807) is 24.5 Å². The Morgan fingerprint density at radius 2 is 2.17 bits per heavy atom. The van der Waals surface area contributed by atoms with Crippen molar-refractivity contribution in [3.8, 4) is 0 Å². The largest absolute Gasteiger partial charge is 0.274 e. The summed E-state index contributed by atoms with van der Waals surface area (Å²) in [6.45, 7) is 0. The first kappa shape index (κ1) is 13.1. The topological polar surface area (TPSA) is 29.5 Å². The summed E-state index contributed by atoms with van der Waals surface area (Å²) in [5.41, 5.74) is 0. The Hall–Kier alpha value is -1.36. The highest BCUT2D eigenvalue weighted by molar-refractivity contribution is 7.20. The van der Waals surface area contributed by atoms with Gasteiger partial charge in [-0.05, 0) is 12.1 Å². The number of rotatable bonds is 3. The number of amides is 1. The number of nitrogens with zero attached hydrogens (tertiary/aromatic N) is 1. The molecule has 0 spiro atoms. The lowest BCUT2D eigenvalue weighted by Gasteiger charge is -2.09. The van der Waals surface area contributed by atoms with Crippen LogP contribution in [0.3, 0.4) is 0 Å². The first-order valence-electron chi connectivity index (χ1n) is 5.30. The summed E-state index contributed by atoms with van der Waals surface area (Å²) in [5, 5.41) is 2.84. The smallest absolute Gasteiger partial charge is 0.269 e. The van der Waals surface area contributed by atoms with E-state index in [-0.39, 0.29) is 5.91 Å². The molecule has 0 aliphatic carbocycles. The van der Waals surface area contributed by atoms with Gasteiger partial charge in [-0.2, -0.15) is 0 Å². The molecule has 0 fully saturated rings. The van der Waals surface area contributed by atoms with Crippen molar-refractivity contribution in [1.82, 2.24) is 5.06 Å². The van der Waals surface area contributed by atoms with Gasteiger partial charge in [-0.25, -0.2) is 5.06 Å². The molecule has 18 heavy (non-hydrogen) atoms. The van der Waals surface area contributed by atoms with E-state index in [0.29, 0.717) is 5.02 Å². The van der Waals surface area contributed by atoms with Crippen molar-refractivity contribution in [3.05, 3.63) is 40.2 Å². The van der Waals surface area contributed by atoms with Gasteiger partial charge in [0.25, 0.3) is 5.91 Å². The van der Waals surface area contributed by atoms with Crippen molar-refractivity contribution < 1.29 is 9.63 Å². The fourth-order valence-corrected chi connectivity index (χ4v) is 2.88. The first-order chi connectivity index (χ1) is 8.63. The lowest BCUT2D eigenvalue weighted by Crippen LogP contribution is -2.22. The van der Waals surface area contributed by atoms with E-state index in [2.05, 4.69) is 0 Å². The van der Waals surface area contributed by atoms with Crippen molar-refractivity contribution in [2.45, 2.75) is 0 Å². The van der Waals surface area contributed by atoms with Crippen LogP contribution in [0, 0.1) is 0 Å². The van der Waals surface area contributed by atoms with Crippen molar-refractivity contribution in [2.24, 2.45) is 0 Å². The third kappa shape index (κ3) is 2.56. The summed E-state index contributed by atoms with van der Waals surface area (Å²) in [5.74, 6) is -0.231. The highest BCUT2D eigenvalue weighted by atomic mass is 35.5. The number of benzene rings is 1. The second kappa shape index (κ2) is 5.52. The fourth-order valence-electron chi connectivity index (χ4n) is 1.48. The summed E-state index contributed by atoms with van der Waals surface area (Å²) < 4.78 is 1.11. The molecular weight excluding hydrogens is 270 g/mol. The van der Waals surface area contributed by atoms with E-state index in [4.69, 9.17) is 16.4 Å². The number of likely N-dealkylation sites (N-methyl/N-ethyl adjacent to an activating group) is 1. The molecule has 0 bridgehead atoms. The Morgan fingerprint density at radius 1 is 1.44 bits per heavy atom. The monoisotopic (exact) mass is 281 g/mol. The zero-order chi connectivity index (χ0) is 13.1. The number of fused-ring (bicyclic) bond motifs is 1. The molecule has 0 saturated carbocycles. The third-order valence-corrected chi connectivity index (χ3v) is 4.18.